The zero-order valence-corrected chi connectivity index (χ0v) is 11.5. The minimum atomic E-state index is 0.0761. The van der Waals surface area contributed by atoms with E-state index in [1.807, 2.05) is 13.8 Å². The van der Waals surface area contributed by atoms with Crippen molar-refractivity contribution in [3.63, 3.8) is 0 Å². The van der Waals surface area contributed by atoms with Gasteiger partial charge in [0.05, 0.1) is 0 Å². The molecule has 0 heterocycles. The summed E-state index contributed by atoms with van der Waals surface area (Å²) in [5.41, 5.74) is 4.08. The third kappa shape index (κ3) is 1.88. The summed E-state index contributed by atoms with van der Waals surface area (Å²) in [5, 5.41) is 4.45. The van der Waals surface area contributed by atoms with E-state index in [1.54, 1.807) is 0 Å². The molecule has 3 heteroatoms. The highest BCUT2D eigenvalue weighted by Crippen LogP contribution is 2.57. The van der Waals surface area contributed by atoms with E-state index >= 15 is 0 Å². The van der Waals surface area contributed by atoms with E-state index in [0.29, 0.717) is 5.92 Å². The van der Waals surface area contributed by atoms with Crippen LogP contribution >= 0.6 is 0 Å². The number of amides is 1. The quantitative estimate of drug-likeness (QED) is 0.766. The van der Waals surface area contributed by atoms with Crippen LogP contribution in [0.2, 0.25) is 0 Å². The van der Waals surface area contributed by atoms with Crippen LogP contribution in [-0.2, 0) is 4.79 Å². The Kier molecular flexibility index (Phi) is 3.16. The van der Waals surface area contributed by atoms with Crippen molar-refractivity contribution < 1.29 is 4.79 Å². The molecule has 0 aromatic carbocycles. The second kappa shape index (κ2) is 4.67. The van der Waals surface area contributed by atoms with E-state index in [-0.39, 0.29) is 11.8 Å². The van der Waals surface area contributed by atoms with Gasteiger partial charge in [0, 0.05) is 17.5 Å². The Morgan fingerprint density at radius 1 is 1.44 bits per heavy atom. The van der Waals surface area contributed by atoms with E-state index in [2.05, 4.69) is 10.5 Å². The molecular formula is C15H24N2O. The molecule has 0 saturated heterocycles. The number of fused-ring (bicyclic) bond motifs is 5. The molecule has 3 saturated carbocycles. The van der Waals surface area contributed by atoms with Gasteiger partial charge in [0.1, 0.15) is 0 Å². The zero-order valence-electron chi connectivity index (χ0n) is 11.5. The van der Waals surface area contributed by atoms with Crippen molar-refractivity contribution in [2.24, 2.45) is 34.7 Å². The summed E-state index contributed by atoms with van der Waals surface area (Å²) in [6.45, 7) is 4.00. The van der Waals surface area contributed by atoms with E-state index in [4.69, 9.17) is 0 Å². The highest BCUT2D eigenvalue weighted by atomic mass is 16.2. The molecule has 0 spiro atoms. The highest BCUT2D eigenvalue weighted by molar-refractivity contribution is 5.91. The molecule has 3 nitrogen and oxygen atoms in total. The Hall–Kier alpha value is -0.860. The number of nitrogens with zero attached hydrogens (tertiary/aromatic N) is 1. The molecule has 2 bridgehead atoms. The molecular weight excluding hydrogens is 224 g/mol. The third-order valence-electron chi connectivity index (χ3n) is 5.57. The first kappa shape index (κ1) is 12.2. The van der Waals surface area contributed by atoms with Crippen molar-refractivity contribution in [3.8, 4) is 0 Å². The molecule has 0 unspecified atom stereocenters. The fourth-order valence-corrected chi connectivity index (χ4v) is 4.37. The molecule has 18 heavy (non-hydrogen) atoms. The molecule has 3 aliphatic carbocycles. The van der Waals surface area contributed by atoms with Gasteiger partial charge in [-0.3, -0.25) is 4.79 Å². The van der Waals surface area contributed by atoms with Crippen LogP contribution in [0.3, 0.4) is 0 Å². The van der Waals surface area contributed by atoms with E-state index in [9.17, 15) is 4.79 Å². The second-order valence-electron chi connectivity index (χ2n) is 6.45. The summed E-state index contributed by atoms with van der Waals surface area (Å²) in [4.78, 5) is 11.7. The molecule has 3 aliphatic rings. The first-order chi connectivity index (χ1) is 8.70. The van der Waals surface area contributed by atoms with Crippen LogP contribution in [0, 0.1) is 29.6 Å². The lowest BCUT2D eigenvalue weighted by Gasteiger charge is -2.25. The van der Waals surface area contributed by atoms with Crippen molar-refractivity contribution in [2.75, 3.05) is 0 Å². The van der Waals surface area contributed by atoms with Crippen molar-refractivity contribution in [2.45, 2.75) is 52.4 Å². The number of nitrogens with one attached hydrogen (secondary N) is 1. The number of carbonyl (C=O) groups is 1. The Bertz CT molecular complexity index is 377. The Morgan fingerprint density at radius 2 is 2.22 bits per heavy atom. The number of hydrogen-bond donors (Lipinski definition) is 1. The van der Waals surface area contributed by atoms with Gasteiger partial charge in [0.2, 0.25) is 5.91 Å². The topological polar surface area (TPSA) is 41.5 Å². The molecule has 5 atom stereocenters. The number of rotatable bonds is 3. The fourth-order valence-electron chi connectivity index (χ4n) is 4.37. The Morgan fingerprint density at radius 3 is 3.00 bits per heavy atom. The molecule has 0 aromatic rings. The van der Waals surface area contributed by atoms with Gasteiger partial charge >= 0.3 is 0 Å². The minimum absolute atomic E-state index is 0.0761. The summed E-state index contributed by atoms with van der Waals surface area (Å²) in [6.07, 6.45) is 7.62. The van der Waals surface area contributed by atoms with Gasteiger partial charge in [0.25, 0.3) is 0 Å². The van der Waals surface area contributed by atoms with Gasteiger partial charge in [-0.25, -0.2) is 5.43 Å². The summed E-state index contributed by atoms with van der Waals surface area (Å²) in [7, 11) is 0. The van der Waals surface area contributed by atoms with Crippen LogP contribution in [0.25, 0.3) is 0 Å². The van der Waals surface area contributed by atoms with Gasteiger partial charge in [-0.1, -0.05) is 20.3 Å². The monoisotopic (exact) mass is 248 g/mol. The molecule has 1 N–H and O–H groups in total. The maximum absolute atomic E-state index is 11.7. The predicted octanol–water partition coefficient (Wildman–Crippen LogP) is 2.96. The van der Waals surface area contributed by atoms with Crippen LogP contribution in [-0.4, -0.2) is 11.6 Å². The largest absolute Gasteiger partial charge is 0.273 e. The van der Waals surface area contributed by atoms with Crippen molar-refractivity contribution in [3.05, 3.63) is 0 Å². The van der Waals surface area contributed by atoms with Crippen LogP contribution in [0.4, 0.5) is 0 Å². The van der Waals surface area contributed by atoms with Crippen LogP contribution in [0.5, 0.6) is 0 Å². The van der Waals surface area contributed by atoms with Crippen LogP contribution in [0.1, 0.15) is 52.4 Å². The molecule has 3 fully saturated rings. The van der Waals surface area contributed by atoms with Gasteiger partial charge in [-0.15, -0.1) is 0 Å². The van der Waals surface area contributed by atoms with Gasteiger partial charge in [-0.2, -0.15) is 5.10 Å². The van der Waals surface area contributed by atoms with E-state index in [0.717, 1.165) is 30.6 Å². The molecule has 0 radical (unpaired) electrons. The van der Waals surface area contributed by atoms with Crippen LogP contribution < -0.4 is 5.43 Å². The SMILES string of the molecule is CC[C@H](C)C(=O)NN=C1C[C@H]2C[C@H]1[C@H]1CCC[C@H]21. The van der Waals surface area contributed by atoms with Gasteiger partial charge in [0.15, 0.2) is 0 Å². The van der Waals surface area contributed by atoms with Crippen molar-refractivity contribution in [1.29, 1.82) is 0 Å². The second-order valence-corrected chi connectivity index (χ2v) is 6.45. The van der Waals surface area contributed by atoms with Crippen LogP contribution in [0.15, 0.2) is 5.10 Å². The smallest absolute Gasteiger partial charge is 0.242 e. The number of hydrogen-bond acceptors (Lipinski definition) is 2. The summed E-state index contributed by atoms with van der Waals surface area (Å²) in [6, 6.07) is 0. The average molecular weight is 248 g/mol. The van der Waals surface area contributed by atoms with Gasteiger partial charge in [-0.05, 0) is 49.9 Å². The molecule has 1 amide bonds. The zero-order chi connectivity index (χ0) is 12.7. The highest BCUT2D eigenvalue weighted by Gasteiger charge is 2.52. The first-order valence-corrected chi connectivity index (χ1v) is 7.57. The lowest BCUT2D eigenvalue weighted by Crippen LogP contribution is -2.30. The molecule has 3 rings (SSSR count). The minimum Gasteiger partial charge on any atom is -0.273 e. The lowest BCUT2D eigenvalue weighted by atomic mass is 9.81. The van der Waals surface area contributed by atoms with E-state index in [1.165, 1.54) is 31.4 Å². The summed E-state index contributed by atoms with van der Waals surface area (Å²) < 4.78 is 0. The summed E-state index contributed by atoms with van der Waals surface area (Å²) in [5.74, 6) is 3.60. The van der Waals surface area contributed by atoms with E-state index < -0.39 is 0 Å². The number of hydrazone groups is 1. The maximum Gasteiger partial charge on any atom is 0.242 e. The summed E-state index contributed by atoms with van der Waals surface area (Å²) >= 11 is 0. The standard InChI is InChI=1S/C15H24N2O/c1-3-9(2)15(18)17-16-14-8-10-7-13(14)12-6-4-5-11(10)12/h9-13H,3-8H2,1-2H3,(H,17,18)/t9-,10+,11+,12-,13-/m0/s1. The Balaban J connectivity index is 1.63. The first-order valence-electron chi connectivity index (χ1n) is 7.57. The average Bonchev–Trinajstić information content (AvgIpc) is 3.05. The van der Waals surface area contributed by atoms with Gasteiger partial charge < -0.3 is 0 Å². The molecule has 0 aromatic heterocycles. The Labute approximate surface area is 109 Å². The fraction of sp³-hybridized carbons (Fsp3) is 0.867. The predicted molar refractivity (Wildman–Crippen MR) is 72.1 cm³/mol. The number of carbonyl (C=O) groups excluding carboxylic acids is 1. The third-order valence-corrected chi connectivity index (χ3v) is 5.57. The van der Waals surface area contributed by atoms with Crippen molar-refractivity contribution >= 4 is 11.6 Å². The lowest BCUT2D eigenvalue weighted by molar-refractivity contribution is -0.124. The van der Waals surface area contributed by atoms with Crippen molar-refractivity contribution in [1.82, 2.24) is 5.43 Å². The molecule has 0 aliphatic heterocycles. The molecule has 100 valence electrons. The normalized spacial score (nSPS) is 41.1. The maximum atomic E-state index is 11.7.